The van der Waals surface area contributed by atoms with Crippen LogP contribution in [0.3, 0.4) is 0 Å². The third kappa shape index (κ3) is 2.46. The van der Waals surface area contributed by atoms with Crippen LogP contribution in [0.4, 0.5) is 14.0 Å². The Morgan fingerprint density at radius 2 is 2.06 bits per heavy atom. The molecule has 1 amide bonds. The van der Waals surface area contributed by atoms with Crippen LogP contribution in [0.25, 0.3) is 0 Å². The van der Waals surface area contributed by atoms with E-state index >= 15 is 0 Å². The van der Waals surface area contributed by atoms with Crippen molar-refractivity contribution in [3.8, 4) is 0 Å². The monoisotopic (exact) mass is 295 g/mol. The van der Waals surface area contributed by atoms with Gasteiger partial charge in [-0.05, 0) is 18.2 Å². The molecular weight excluding hydrogens is 288 g/mol. The van der Waals surface area contributed by atoms with Crippen molar-refractivity contribution in [3.63, 3.8) is 0 Å². The van der Waals surface area contributed by atoms with Gasteiger partial charge in [0.1, 0.15) is 11.1 Å². The summed E-state index contributed by atoms with van der Waals surface area (Å²) in [5.41, 5.74) is 0.248. The Bertz CT molecular complexity index is 605. The number of rotatable bonds is 2. The molecule has 1 atom stereocenters. The van der Waals surface area contributed by atoms with Gasteiger partial charge in [0, 0.05) is 18.7 Å². The molecule has 1 fully saturated rings. The summed E-state index contributed by atoms with van der Waals surface area (Å²) in [6.07, 6.45) is -0.423. The molecule has 1 unspecified atom stereocenters. The van der Waals surface area contributed by atoms with Crippen LogP contribution in [0.15, 0.2) is 18.2 Å². The molecule has 1 aliphatic rings. The van der Waals surface area contributed by atoms with Crippen LogP contribution < -0.4 is 4.90 Å². The highest BCUT2D eigenvalue weighted by molar-refractivity contribution is 7.87. The topological polar surface area (TPSA) is 54.5 Å². The van der Waals surface area contributed by atoms with Crippen LogP contribution in [-0.4, -0.2) is 26.1 Å². The number of benzene rings is 1. The molecule has 18 heavy (non-hydrogen) atoms. The first-order valence-electron chi connectivity index (χ1n) is 4.98. The van der Waals surface area contributed by atoms with Gasteiger partial charge in [-0.2, -0.15) is 8.42 Å². The van der Waals surface area contributed by atoms with E-state index in [2.05, 4.69) is 0 Å². The maximum absolute atomic E-state index is 13.0. The molecule has 98 valence electrons. The van der Waals surface area contributed by atoms with E-state index in [0.29, 0.717) is 0 Å². The third-order valence-corrected chi connectivity index (χ3v) is 4.10. The number of carbonyl (C=O) groups is 1. The second-order valence-corrected chi connectivity index (χ2v) is 5.93. The van der Waals surface area contributed by atoms with E-state index in [-0.39, 0.29) is 17.3 Å². The van der Waals surface area contributed by atoms with Gasteiger partial charge < -0.3 is 4.90 Å². The molecule has 0 aromatic heterocycles. The molecule has 0 saturated carbocycles. The van der Waals surface area contributed by atoms with Gasteiger partial charge in [0.25, 0.3) is 0 Å². The van der Waals surface area contributed by atoms with E-state index in [1.54, 1.807) is 0 Å². The highest BCUT2D eigenvalue weighted by atomic mass is 35.5. The lowest BCUT2D eigenvalue weighted by molar-refractivity contribution is -0.117. The van der Waals surface area contributed by atoms with Gasteiger partial charge in [-0.15, -0.1) is 3.89 Å². The van der Waals surface area contributed by atoms with Crippen molar-refractivity contribution < 1.29 is 21.5 Å². The minimum Gasteiger partial charge on any atom is -0.311 e. The number of anilines is 1. The number of amides is 1. The summed E-state index contributed by atoms with van der Waals surface area (Å²) in [6.45, 7) is -0.292. The summed E-state index contributed by atoms with van der Waals surface area (Å²) in [5.74, 6) is -1.19. The Morgan fingerprint density at radius 1 is 1.39 bits per heavy atom. The summed E-state index contributed by atoms with van der Waals surface area (Å²) in [5, 5.41) is -1.57. The average Bonchev–Trinajstić information content (AvgIpc) is 2.64. The Kier molecular flexibility index (Phi) is 3.29. The molecule has 1 heterocycles. The van der Waals surface area contributed by atoms with Crippen LogP contribution in [0.2, 0.25) is 5.02 Å². The molecule has 0 N–H and O–H groups in total. The van der Waals surface area contributed by atoms with Gasteiger partial charge >= 0.3 is 10.2 Å². The second-order valence-electron chi connectivity index (χ2n) is 3.90. The standard InChI is InChI=1S/C10H8ClF2NO3S/c11-8-3-6(1-2-9(8)12)14-5-7(4-10(14)15)18(13,16)17/h1-3,7H,4-5H2. The zero-order valence-corrected chi connectivity index (χ0v) is 10.5. The zero-order chi connectivity index (χ0) is 13.5. The fourth-order valence-electron chi connectivity index (χ4n) is 1.77. The second kappa shape index (κ2) is 4.47. The van der Waals surface area contributed by atoms with E-state index in [9.17, 15) is 21.5 Å². The summed E-state index contributed by atoms with van der Waals surface area (Å²) in [6, 6.07) is 3.54. The SMILES string of the molecule is O=C1CC(S(=O)(=O)F)CN1c1ccc(F)c(Cl)c1. The molecule has 0 bridgehead atoms. The van der Waals surface area contributed by atoms with E-state index in [1.165, 1.54) is 12.1 Å². The fraction of sp³-hybridized carbons (Fsp3) is 0.300. The lowest BCUT2D eigenvalue weighted by atomic mass is 10.3. The first-order valence-corrected chi connectivity index (χ1v) is 6.80. The molecule has 8 heteroatoms. The fourth-order valence-corrected chi connectivity index (χ4v) is 2.61. The van der Waals surface area contributed by atoms with Gasteiger partial charge in [-0.1, -0.05) is 11.6 Å². The predicted octanol–water partition coefficient (Wildman–Crippen LogP) is 1.88. The van der Waals surface area contributed by atoms with Crippen molar-refractivity contribution in [3.05, 3.63) is 29.0 Å². The molecule has 0 aliphatic carbocycles. The molecule has 2 rings (SSSR count). The Hall–Kier alpha value is -1.21. The van der Waals surface area contributed by atoms with Crippen molar-refractivity contribution in [1.29, 1.82) is 0 Å². The minimum absolute atomic E-state index is 0.188. The van der Waals surface area contributed by atoms with Crippen molar-refractivity contribution in [2.75, 3.05) is 11.4 Å². The van der Waals surface area contributed by atoms with Gasteiger partial charge in [-0.25, -0.2) is 4.39 Å². The maximum Gasteiger partial charge on any atom is 0.307 e. The molecular formula is C10H8ClF2NO3S. The first-order chi connectivity index (χ1) is 8.29. The molecule has 1 aromatic carbocycles. The summed E-state index contributed by atoms with van der Waals surface area (Å²) >= 11 is 5.56. The van der Waals surface area contributed by atoms with Gasteiger partial charge in [0.15, 0.2) is 0 Å². The predicted molar refractivity (Wildman–Crippen MR) is 62.2 cm³/mol. The number of carbonyl (C=O) groups excluding carboxylic acids is 1. The van der Waals surface area contributed by atoms with Crippen molar-refractivity contribution in [2.24, 2.45) is 0 Å². The van der Waals surface area contributed by atoms with Crippen LogP contribution >= 0.6 is 11.6 Å². The quantitative estimate of drug-likeness (QED) is 0.783. The minimum atomic E-state index is -4.76. The van der Waals surface area contributed by atoms with Gasteiger partial charge in [-0.3, -0.25) is 4.79 Å². The maximum atomic E-state index is 13.0. The van der Waals surface area contributed by atoms with Gasteiger partial charge in [0.05, 0.1) is 5.02 Å². The van der Waals surface area contributed by atoms with Crippen LogP contribution in [0.1, 0.15) is 6.42 Å². The number of nitrogens with zero attached hydrogens (tertiary/aromatic N) is 1. The van der Waals surface area contributed by atoms with Crippen LogP contribution in [0, 0.1) is 5.82 Å². The highest BCUT2D eigenvalue weighted by Crippen LogP contribution is 2.28. The van der Waals surface area contributed by atoms with Crippen LogP contribution in [-0.2, 0) is 15.0 Å². The zero-order valence-electron chi connectivity index (χ0n) is 8.94. The first kappa shape index (κ1) is 13.2. The Labute approximate surface area is 107 Å². The van der Waals surface area contributed by atoms with Crippen LogP contribution in [0.5, 0.6) is 0 Å². The summed E-state index contributed by atoms with van der Waals surface area (Å²) in [7, 11) is -4.76. The largest absolute Gasteiger partial charge is 0.311 e. The number of hydrogen-bond acceptors (Lipinski definition) is 3. The molecule has 0 spiro atoms. The lowest BCUT2D eigenvalue weighted by Gasteiger charge is -2.16. The Morgan fingerprint density at radius 3 is 2.56 bits per heavy atom. The molecule has 0 radical (unpaired) electrons. The van der Waals surface area contributed by atoms with E-state index in [4.69, 9.17) is 11.6 Å². The third-order valence-electron chi connectivity index (χ3n) is 2.70. The molecule has 1 aromatic rings. The number of halogens is 3. The molecule has 1 aliphatic heterocycles. The highest BCUT2D eigenvalue weighted by Gasteiger charge is 2.39. The smallest absolute Gasteiger partial charge is 0.307 e. The Balaban J connectivity index is 2.30. The van der Waals surface area contributed by atoms with E-state index in [0.717, 1.165) is 11.0 Å². The molecule has 4 nitrogen and oxygen atoms in total. The summed E-state index contributed by atoms with van der Waals surface area (Å²) in [4.78, 5) is 12.7. The lowest BCUT2D eigenvalue weighted by Crippen LogP contribution is -2.26. The van der Waals surface area contributed by atoms with Crippen molar-refractivity contribution >= 4 is 33.4 Å². The van der Waals surface area contributed by atoms with E-state index < -0.39 is 33.6 Å². The number of hydrogen-bond donors (Lipinski definition) is 0. The van der Waals surface area contributed by atoms with Crippen molar-refractivity contribution in [2.45, 2.75) is 11.7 Å². The van der Waals surface area contributed by atoms with Crippen molar-refractivity contribution in [1.82, 2.24) is 0 Å². The summed E-state index contributed by atoms with van der Waals surface area (Å²) < 4.78 is 47.3. The van der Waals surface area contributed by atoms with Gasteiger partial charge in [0.2, 0.25) is 5.91 Å². The molecule has 1 saturated heterocycles. The average molecular weight is 296 g/mol. The normalized spacial score (nSPS) is 20.5. The van der Waals surface area contributed by atoms with E-state index in [1.807, 2.05) is 0 Å².